The quantitative estimate of drug-likeness (QED) is 0.842. The van der Waals surface area contributed by atoms with Crippen LogP contribution in [0.4, 0.5) is 0 Å². The first-order valence-electron chi connectivity index (χ1n) is 5.31. The van der Waals surface area contributed by atoms with Gasteiger partial charge in [0.15, 0.2) is 18.3 Å². The Bertz CT molecular complexity index is 508. The lowest BCUT2D eigenvalue weighted by Crippen LogP contribution is -2.14. The molecule has 1 aromatic rings. The maximum atomic E-state index is 5.71. The average Bonchev–Trinajstić information content (AvgIpc) is 2.98. The second kappa shape index (κ2) is 4.06. The van der Waals surface area contributed by atoms with E-state index in [1.807, 2.05) is 30.3 Å². The molecule has 0 saturated heterocycles. The zero-order chi connectivity index (χ0) is 11.7. The maximum absolute atomic E-state index is 5.71. The van der Waals surface area contributed by atoms with E-state index in [0.717, 1.165) is 11.1 Å². The highest BCUT2D eigenvalue weighted by Crippen LogP contribution is 2.31. The second-order valence-corrected chi connectivity index (χ2v) is 3.79. The van der Waals surface area contributed by atoms with Gasteiger partial charge in [-0.05, 0) is 0 Å². The lowest BCUT2D eigenvalue weighted by molar-refractivity contribution is 0.0531. The Morgan fingerprint density at radius 3 is 2.59 bits per heavy atom. The van der Waals surface area contributed by atoms with Crippen molar-refractivity contribution in [3.63, 3.8) is 0 Å². The van der Waals surface area contributed by atoms with E-state index in [9.17, 15) is 0 Å². The number of hydrogen-bond acceptors (Lipinski definition) is 6. The molecule has 1 aromatic carbocycles. The van der Waals surface area contributed by atoms with Crippen LogP contribution in [-0.4, -0.2) is 12.8 Å². The largest absolute Gasteiger partial charge is 0.382 e. The van der Waals surface area contributed by atoms with Gasteiger partial charge in [0, 0.05) is 11.1 Å². The van der Waals surface area contributed by atoms with Gasteiger partial charge in [-0.1, -0.05) is 30.3 Å². The average molecular weight is 229 g/mol. The van der Waals surface area contributed by atoms with E-state index in [0.29, 0.717) is 12.4 Å². The predicted octanol–water partition coefficient (Wildman–Crippen LogP) is 2.13. The summed E-state index contributed by atoms with van der Waals surface area (Å²) in [4.78, 5) is 0. The number of benzene rings is 1. The first-order chi connectivity index (χ1) is 8.34. The summed E-state index contributed by atoms with van der Waals surface area (Å²) in [5, 5.41) is 15.8. The van der Waals surface area contributed by atoms with Crippen LogP contribution in [0, 0.1) is 0 Å². The molecule has 0 spiro atoms. The molecule has 0 radical (unpaired) electrons. The van der Waals surface area contributed by atoms with Crippen molar-refractivity contribution < 1.29 is 4.74 Å². The Kier molecular flexibility index (Phi) is 2.41. The third-order valence-electron chi connectivity index (χ3n) is 2.67. The van der Waals surface area contributed by atoms with Gasteiger partial charge in [-0.2, -0.15) is 15.3 Å². The van der Waals surface area contributed by atoms with Crippen molar-refractivity contribution in [2.24, 2.45) is 26.2 Å². The Balaban J connectivity index is 1.76. The van der Waals surface area contributed by atoms with E-state index in [4.69, 9.17) is 10.5 Å². The predicted molar refractivity (Wildman–Crippen MR) is 59.8 cm³/mol. The van der Waals surface area contributed by atoms with Crippen molar-refractivity contribution in [2.75, 3.05) is 6.54 Å². The number of nitrogens with two attached hydrogens (primary N) is 1. The normalized spacial score (nSPS) is 27.1. The Morgan fingerprint density at radius 1 is 1.12 bits per heavy atom. The molecule has 17 heavy (non-hydrogen) atoms. The molecular weight excluding hydrogens is 218 g/mol. The smallest absolute Gasteiger partial charge is 0.199 e. The molecular formula is C11H11N5O. The monoisotopic (exact) mass is 229 g/mol. The van der Waals surface area contributed by atoms with Crippen LogP contribution in [0.5, 0.6) is 0 Å². The van der Waals surface area contributed by atoms with Crippen LogP contribution in [0.25, 0.3) is 0 Å². The molecule has 2 heterocycles. The molecule has 0 amide bonds. The van der Waals surface area contributed by atoms with E-state index in [-0.39, 0.29) is 6.23 Å². The van der Waals surface area contributed by atoms with Crippen molar-refractivity contribution in [2.45, 2.75) is 12.5 Å². The minimum absolute atomic E-state index is 0.359. The van der Waals surface area contributed by atoms with E-state index < -0.39 is 6.23 Å². The highest BCUT2D eigenvalue weighted by molar-refractivity contribution is 5.22. The number of rotatable bonds is 2. The Labute approximate surface area is 97.9 Å². The fraction of sp³-hybridized carbons (Fsp3) is 0.273. The molecule has 0 saturated carbocycles. The first-order valence-corrected chi connectivity index (χ1v) is 5.31. The summed E-state index contributed by atoms with van der Waals surface area (Å²) in [5.74, 6) is 0.391. The minimum atomic E-state index is -0.449. The molecule has 86 valence electrons. The maximum Gasteiger partial charge on any atom is 0.199 e. The highest BCUT2D eigenvalue weighted by Gasteiger charge is 2.29. The standard InChI is InChI=1S/C11H11N5O/c12-9-8(6-13-14-9)11-16-15-10(17-11)7-4-2-1-3-5-7/h1-5,10-11H,6,12H2/t10-,11-/m0/s1. The van der Waals surface area contributed by atoms with Gasteiger partial charge in [-0.25, -0.2) is 0 Å². The topological polar surface area (TPSA) is 84.7 Å². The number of ether oxygens (including phenoxy) is 1. The van der Waals surface area contributed by atoms with Crippen LogP contribution < -0.4 is 5.73 Å². The molecule has 2 atom stereocenters. The zero-order valence-electron chi connectivity index (χ0n) is 9.02. The fourth-order valence-electron chi connectivity index (χ4n) is 1.75. The van der Waals surface area contributed by atoms with Crippen LogP contribution in [-0.2, 0) is 4.74 Å². The van der Waals surface area contributed by atoms with E-state index in [2.05, 4.69) is 20.5 Å². The molecule has 0 unspecified atom stereocenters. The third-order valence-corrected chi connectivity index (χ3v) is 2.67. The molecule has 6 nitrogen and oxygen atoms in total. The van der Waals surface area contributed by atoms with Crippen molar-refractivity contribution in [1.29, 1.82) is 0 Å². The van der Waals surface area contributed by atoms with E-state index in [1.165, 1.54) is 0 Å². The number of nitrogens with zero attached hydrogens (tertiary/aromatic N) is 4. The molecule has 6 heteroatoms. The van der Waals surface area contributed by atoms with Crippen LogP contribution in [0.15, 0.2) is 62.2 Å². The molecule has 0 aliphatic carbocycles. The van der Waals surface area contributed by atoms with Crippen LogP contribution in [0.2, 0.25) is 0 Å². The summed E-state index contributed by atoms with van der Waals surface area (Å²) < 4.78 is 5.71. The molecule has 0 aromatic heterocycles. The van der Waals surface area contributed by atoms with Crippen LogP contribution in [0.3, 0.4) is 0 Å². The molecule has 0 fully saturated rings. The van der Waals surface area contributed by atoms with Crippen molar-refractivity contribution in [3.8, 4) is 0 Å². The van der Waals surface area contributed by atoms with E-state index >= 15 is 0 Å². The third kappa shape index (κ3) is 1.83. The minimum Gasteiger partial charge on any atom is -0.382 e. The van der Waals surface area contributed by atoms with Crippen LogP contribution in [0.1, 0.15) is 11.8 Å². The van der Waals surface area contributed by atoms with Crippen molar-refractivity contribution >= 4 is 0 Å². The van der Waals surface area contributed by atoms with Gasteiger partial charge >= 0.3 is 0 Å². The zero-order valence-corrected chi connectivity index (χ0v) is 9.02. The Hall–Kier alpha value is -2.08. The summed E-state index contributed by atoms with van der Waals surface area (Å²) in [6, 6.07) is 9.73. The van der Waals surface area contributed by atoms with Gasteiger partial charge in [-0.15, -0.1) is 5.11 Å². The van der Waals surface area contributed by atoms with Crippen molar-refractivity contribution in [1.82, 2.24) is 0 Å². The van der Waals surface area contributed by atoms with Gasteiger partial charge in [-0.3, -0.25) is 0 Å². The number of hydrogen-bond donors (Lipinski definition) is 1. The summed E-state index contributed by atoms with van der Waals surface area (Å²) in [5.41, 5.74) is 7.44. The summed E-state index contributed by atoms with van der Waals surface area (Å²) >= 11 is 0. The van der Waals surface area contributed by atoms with Crippen molar-refractivity contribution in [3.05, 3.63) is 47.3 Å². The van der Waals surface area contributed by atoms with Gasteiger partial charge in [0.1, 0.15) is 0 Å². The number of azo groups is 2. The molecule has 3 rings (SSSR count). The van der Waals surface area contributed by atoms with Gasteiger partial charge in [0.25, 0.3) is 0 Å². The second-order valence-electron chi connectivity index (χ2n) is 3.79. The van der Waals surface area contributed by atoms with E-state index in [1.54, 1.807) is 0 Å². The molecule has 2 N–H and O–H groups in total. The fourth-order valence-corrected chi connectivity index (χ4v) is 1.75. The molecule has 2 aliphatic heterocycles. The Morgan fingerprint density at radius 2 is 1.88 bits per heavy atom. The summed E-state index contributed by atoms with van der Waals surface area (Å²) in [7, 11) is 0. The summed E-state index contributed by atoms with van der Waals surface area (Å²) in [6.07, 6.45) is -0.808. The first kappa shape index (κ1) is 10.1. The van der Waals surface area contributed by atoms with Gasteiger partial charge < -0.3 is 10.5 Å². The van der Waals surface area contributed by atoms with Gasteiger partial charge in [0.2, 0.25) is 0 Å². The molecule has 0 bridgehead atoms. The highest BCUT2D eigenvalue weighted by atomic mass is 16.5. The molecule has 2 aliphatic rings. The summed E-state index contributed by atoms with van der Waals surface area (Å²) in [6.45, 7) is 0.441. The van der Waals surface area contributed by atoms with Gasteiger partial charge in [0.05, 0.1) is 6.54 Å². The lowest BCUT2D eigenvalue weighted by atomic mass is 10.2. The lowest BCUT2D eigenvalue weighted by Gasteiger charge is -2.10. The van der Waals surface area contributed by atoms with Crippen LogP contribution >= 0.6 is 0 Å². The SMILES string of the molecule is NC1=C([C@H]2N=N[C@H](c3ccccc3)O2)CN=N1.